The fourth-order valence-electron chi connectivity index (χ4n) is 2.93. The van der Waals surface area contributed by atoms with Gasteiger partial charge in [-0.1, -0.05) is 23.7 Å². The van der Waals surface area contributed by atoms with E-state index in [0.717, 1.165) is 35.8 Å². The summed E-state index contributed by atoms with van der Waals surface area (Å²) < 4.78 is 13.1. The summed E-state index contributed by atoms with van der Waals surface area (Å²) in [4.78, 5) is 15.0. The van der Waals surface area contributed by atoms with Gasteiger partial charge in [0.25, 0.3) is 0 Å². The SMILES string of the molecule is CC(C)(C(=O)Nc1ccc(N2CCSCC2)c(Cl)c1)c1ccc(F)cc1. The highest BCUT2D eigenvalue weighted by molar-refractivity contribution is 7.99. The van der Waals surface area contributed by atoms with E-state index in [9.17, 15) is 9.18 Å². The minimum Gasteiger partial charge on any atom is -0.369 e. The number of anilines is 2. The Morgan fingerprint density at radius 1 is 1.15 bits per heavy atom. The van der Waals surface area contributed by atoms with Crippen molar-refractivity contribution in [3.8, 4) is 0 Å². The molecule has 3 nitrogen and oxygen atoms in total. The molecule has 1 amide bonds. The number of hydrogen-bond acceptors (Lipinski definition) is 3. The van der Waals surface area contributed by atoms with Crippen molar-refractivity contribution < 1.29 is 9.18 Å². The van der Waals surface area contributed by atoms with E-state index in [1.54, 1.807) is 18.2 Å². The van der Waals surface area contributed by atoms with Crippen LogP contribution >= 0.6 is 23.4 Å². The number of rotatable bonds is 4. The van der Waals surface area contributed by atoms with Crippen molar-refractivity contribution in [1.29, 1.82) is 0 Å². The van der Waals surface area contributed by atoms with Crippen LogP contribution in [-0.2, 0) is 10.2 Å². The van der Waals surface area contributed by atoms with Gasteiger partial charge >= 0.3 is 0 Å². The summed E-state index contributed by atoms with van der Waals surface area (Å²) in [7, 11) is 0. The van der Waals surface area contributed by atoms with Gasteiger partial charge in [0.05, 0.1) is 16.1 Å². The first-order valence-corrected chi connectivity index (χ1v) is 10.1. The number of halogens is 2. The lowest BCUT2D eigenvalue weighted by atomic mass is 9.83. The molecule has 0 saturated carbocycles. The van der Waals surface area contributed by atoms with Crippen molar-refractivity contribution in [2.75, 3.05) is 34.8 Å². The summed E-state index contributed by atoms with van der Waals surface area (Å²) in [6.45, 7) is 5.59. The van der Waals surface area contributed by atoms with Crippen molar-refractivity contribution in [3.63, 3.8) is 0 Å². The van der Waals surface area contributed by atoms with Crippen molar-refractivity contribution in [1.82, 2.24) is 0 Å². The van der Waals surface area contributed by atoms with Crippen LogP contribution < -0.4 is 10.2 Å². The molecule has 26 heavy (non-hydrogen) atoms. The van der Waals surface area contributed by atoms with Crippen LogP contribution in [0.1, 0.15) is 19.4 Å². The van der Waals surface area contributed by atoms with Crippen LogP contribution in [0.15, 0.2) is 42.5 Å². The van der Waals surface area contributed by atoms with E-state index in [1.165, 1.54) is 12.1 Å². The molecular formula is C20H22ClFN2OS. The maximum absolute atomic E-state index is 13.1. The van der Waals surface area contributed by atoms with Gasteiger partial charge in [-0.05, 0) is 49.7 Å². The van der Waals surface area contributed by atoms with Gasteiger partial charge in [0.2, 0.25) is 5.91 Å². The molecule has 1 fully saturated rings. The van der Waals surface area contributed by atoms with Gasteiger partial charge in [0.1, 0.15) is 5.82 Å². The largest absolute Gasteiger partial charge is 0.369 e. The molecule has 0 bridgehead atoms. The molecule has 1 aliphatic heterocycles. The topological polar surface area (TPSA) is 32.3 Å². The molecule has 138 valence electrons. The number of carbonyl (C=O) groups is 1. The molecule has 1 N–H and O–H groups in total. The number of benzene rings is 2. The molecular weight excluding hydrogens is 371 g/mol. The van der Waals surface area contributed by atoms with Gasteiger partial charge < -0.3 is 10.2 Å². The molecule has 1 saturated heterocycles. The molecule has 2 aromatic carbocycles. The summed E-state index contributed by atoms with van der Waals surface area (Å²) in [5.74, 6) is 1.71. The van der Waals surface area contributed by atoms with E-state index in [-0.39, 0.29) is 11.7 Å². The van der Waals surface area contributed by atoms with E-state index in [4.69, 9.17) is 11.6 Å². The maximum atomic E-state index is 13.1. The van der Waals surface area contributed by atoms with Crippen LogP contribution in [0.2, 0.25) is 5.02 Å². The third-order valence-corrected chi connectivity index (χ3v) is 5.94. The first-order valence-electron chi connectivity index (χ1n) is 8.57. The minimum atomic E-state index is -0.789. The zero-order valence-electron chi connectivity index (χ0n) is 14.9. The number of hydrogen-bond donors (Lipinski definition) is 1. The number of nitrogens with zero attached hydrogens (tertiary/aromatic N) is 1. The summed E-state index contributed by atoms with van der Waals surface area (Å²) in [5.41, 5.74) is 1.63. The van der Waals surface area contributed by atoms with Crippen LogP contribution in [-0.4, -0.2) is 30.5 Å². The molecule has 0 aromatic heterocycles. The van der Waals surface area contributed by atoms with E-state index in [2.05, 4.69) is 10.2 Å². The smallest absolute Gasteiger partial charge is 0.234 e. The van der Waals surface area contributed by atoms with Gasteiger partial charge in [-0.3, -0.25) is 4.79 Å². The van der Waals surface area contributed by atoms with Crippen molar-refractivity contribution in [2.45, 2.75) is 19.3 Å². The Morgan fingerprint density at radius 2 is 1.81 bits per heavy atom. The third kappa shape index (κ3) is 4.15. The lowest BCUT2D eigenvalue weighted by Gasteiger charge is -2.29. The minimum absolute atomic E-state index is 0.165. The second kappa shape index (κ2) is 7.89. The summed E-state index contributed by atoms with van der Waals surface area (Å²) in [6.07, 6.45) is 0. The van der Waals surface area contributed by atoms with Crippen molar-refractivity contribution in [2.24, 2.45) is 0 Å². The second-order valence-corrected chi connectivity index (χ2v) is 8.48. The molecule has 1 aliphatic rings. The molecule has 0 spiro atoms. The summed E-state index contributed by atoms with van der Waals surface area (Å²) in [6, 6.07) is 11.6. The average molecular weight is 393 g/mol. The van der Waals surface area contributed by atoms with Gasteiger partial charge in [-0.2, -0.15) is 11.8 Å². The van der Waals surface area contributed by atoms with E-state index in [0.29, 0.717) is 10.7 Å². The first-order chi connectivity index (χ1) is 12.4. The molecule has 1 heterocycles. The third-order valence-electron chi connectivity index (χ3n) is 4.69. The normalized spacial score (nSPS) is 15.0. The van der Waals surface area contributed by atoms with Crippen LogP contribution in [0.3, 0.4) is 0 Å². The van der Waals surface area contributed by atoms with Gasteiger partial charge in [0, 0.05) is 30.3 Å². The molecule has 0 aliphatic carbocycles. The fourth-order valence-corrected chi connectivity index (χ4v) is 4.13. The Morgan fingerprint density at radius 3 is 2.42 bits per heavy atom. The number of carbonyl (C=O) groups excluding carboxylic acids is 1. The Kier molecular flexibility index (Phi) is 5.78. The van der Waals surface area contributed by atoms with Crippen LogP contribution in [0.4, 0.5) is 15.8 Å². The maximum Gasteiger partial charge on any atom is 0.234 e. The molecule has 3 rings (SSSR count). The highest BCUT2D eigenvalue weighted by Crippen LogP contribution is 2.32. The van der Waals surface area contributed by atoms with Crippen LogP contribution in [0.5, 0.6) is 0 Å². The lowest BCUT2D eigenvalue weighted by molar-refractivity contribution is -0.120. The number of nitrogens with one attached hydrogen (secondary N) is 1. The van der Waals surface area contributed by atoms with E-state index in [1.807, 2.05) is 37.7 Å². The number of amides is 1. The Bertz CT molecular complexity index is 789. The molecule has 0 atom stereocenters. The molecule has 0 radical (unpaired) electrons. The molecule has 6 heteroatoms. The van der Waals surface area contributed by atoms with Crippen molar-refractivity contribution >= 4 is 40.6 Å². The quantitative estimate of drug-likeness (QED) is 0.799. The second-order valence-electron chi connectivity index (χ2n) is 6.85. The predicted octanol–water partition coefficient (Wildman–Crippen LogP) is 4.95. The van der Waals surface area contributed by atoms with E-state index >= 15 is 0 Å². The summed E-state index contributed by atoms with van der Waals surface area (Å²) in [5, 5.41) is 3.56. The Hall–Kier alpha value is -1.72. The highest BCUT2D eigenvalue weighted by Gasteiger charge is 2.30. The monoisotopic (exact) mass is 392 g/mol. The zero-order chi connectivity index (χ0) is 18.7. The number of thioether (sulfide) groups is 1. The predicted molar refractivity (Wildman–Crippen MR) is 109 cm³/mol. The first kappa shape index (κ1) is 19.1. The zero-order valence-corrected chi connectivity index (χ0v) is 16.5. The fraction of sp³-hybridized carbons (Fsp3) is 0.350. The Labute approximate surface area is 162 Å². The summed E-state index contributed by atoms with van der Waals surface area (Å²) >= 11 is 8.40. The molecule has 0 unspecified atom stereocenters. The van der Waals surface area contributed by atoms with Gasteiger partial charge in [0.15, 0.2) is 0 Å². The van der Waals surface area contributed by atoms with Crippen LogP contribution in [0, 0.1) is 5.82 Å². The van der Waals surface area contributed by atoms with Gasteiger partial charge in [-0.15, -0.1) is 0 Å². The van der Waals surface area contributed by atoms with Crippen molar-refractivity contribution in [3.05, 3.63) is 58.9 Å². The van der Waals surface area contributed by atoms with Gasteiger partial charge in [-0.25, -0.2) is 4.39 Å². The Balaban J connectivity index is 1.74. The average Bonchev–Trinajstić information content (AvgIpc) is 2.63. The highest BCUT2D eigenvalue weighted by atomic mass is 35.5. The standard InChI is InChI=1S/C20H22ClFN2OS/c1-20(2,14-3-5-15(22)6-4-14)19(25)23-16-7-8-18(17(21)13-16)24-9-11-26-12-10-24/h3-8,13H,9-12H2,1-2H3,(H,23,25). The van der Waals surface area contributed by atoms with Crippen LogP contribution in [0.25, 0.3) is 0 Å². The lowest BCUT2D eigenvalue weighted by Crippen LogP contribution is -2.35. The van der Waals surface area contributed by atoms with E-state index < -0.39 is 5.41 Å². The molecule has 2 aromatic rings.